The third kappa shape index (κ3) is 2.18. The lowest BCUT2D eigenvalue weighted by Crippen LogP contribution is -1.87. The molecule has 0 aliphatic heterocycles. The predicted molar refractivity (Wildman–Crippen MR) is 81.0 cm³/mol. The van der Waals surface area contributed by atoms with Crippen LogP contribution in [-0.2, 0) is 0 Å². The van der Waals surface area contributed by atoms with Crippen molar-refractivity contribution in [2.45, 2.75) is 0 Å². The standard InChI is InChI=1S/C15H10INO/c16-14-10-17-9-13-12(14)7-4-8-15(13)18-11-5-2-1-3-6-11/h1-10H. The largest absolute Gasteiger partial charge is 0.457 e. The Hall–Kier alpha value is -1.62. The molecule has 0 aliphatic carbocycles. The molecule has 18 heavy (non-hydrogen) atoms. The van der Waals surface area contributed by atoms with Crippen molar-refractivity contribution in [2.24, 2.45) is 0 Å². The minimum Gasteiger partial charge on any atom is -0.457 e. The molecular formula is C15H10INO. The maximum atomic E-state index is 5.90. The van der Waals surface area contributed by atoms with Gasteiger partial charge in [-0.1, -0.05) is 30.3 Å². The van der Waals surface area contributed by atoms with Crippen molar-refractivity contribution < 1.29 is 4.74 Å². The van der Waals surface area contributed by atoms with Crippen molar-refractivity contribution in [1.82, 2.24) is 4.98 Å². The average Bonchev–Trinajstić information content (AvgIpc) is 2.41. The maximum Gasteiger partial charge on any atom is 0.136 e. The molecule has 0 saturated carbocycles. The highest BCUT2D eigenvalue weighted by Crippen LogP contribution is 2.31. The highest BCUT2D eigenvalue weighted by Gasteiger charge is 2.05. The molecule has 0 saturated heterocycles. The van der Waals surface area contributed by atoms with Crippen LogP contribution < -0.4 is 4.74 Å². The van der Waals surface area contributed by atoms with Crippen LogP contribution in [0.5, 0.6) is 11.5 Å². The van der Waals surface area contributed by atoms with E-state index in [-0.39, 0.29) is 0 Å². The predicted octanol–water partition coefficient (Wildman–Crippen LogP) is 4.63. The Kier molecular flexibility index (Phi) is 3.15. The number of rotatable bonds is 2. The fourth-order valence-electron chi connectivity index (χ4n) is 1.84. The Morgan fingerprint density at radius 2 is 1.67 bits per heavy atom. The monoisotopic (exact) mass is 347 g/mol. The van der Waals surface area contributed by atoms with Crippen LogP contribution in [0, 0.1) is 3.57 Å². The Labute approximate surface area is 119 Å². The van der Waals surface area contributed by atoms with Crippen molar-refractivity contribution in [3.63, 3.8) is 0 Å². The van der Waals surface area contributed by atoms with Gasteiger partial charge in [0.1, 0.15) is 11.5 Å². The number of para-hydroxylation sites is 1. The zero-order chi connectivity index (χ0) is 12.4. The summed E-state index contributed by atoms with van der Waals surface area (Å²) < 4.78 is 7.03. The van der Waals surface area contributed by atoms with Crippen molar-refractivity contribution in [1.29, 1.82) is 0 Å². The molecule has 0 bridgehead atoms. The number of ether oxygens (including phenoxy) is 1. The van der Waals surface area contributed by atoms with Crippen LogP contribution in [0.25, 0.3) is 10.8 Å². The molecule has 2 aromatic carbocycles. The van der Waals surface area contributed by atoms with Gasteiger partial charge in [0, 0.05) is 26.7 Å². The molecule has 0 unspecified atom stereocenters. The summed E-state index contributed by atoms with van der Waals surface area (Å²) >= 11 is 2.29. The first-order chi connectivity index (χ1) is 8.84. The molecule has 0 aliphatic rings. The quantitative estimate of drug-likeness (QED) is 0.631. The molecule has 0 amide bonds. The molecule has 2 nitrogen and oxygen atoms in total. The van der Waals surface area contributed by atoms with Gasteiger partial charge in [0.2, 0.25) is 0 Å². The van der Waals surface area contributed by atoms with Gasteiger partial charge in [-0.15, -0.1) is 0 Å². The van der Waals surface area contributed by atoms with E-state index in [9.17, 15) is 0 Å². The van der Waals surface area contributed by atoms with Crippen LogP contribution in [0.3, 0.4) is 0 Å². The van der Waals surface area contributed by atoms with Crippen molar-refractivity contribution in [3.05, 3.63) is 64.5 Å². The third-order valence-electron chi connectivity index (χ3n) is 2.69. The van der Waals surface area contributed by atoms with E-state index in [2.05, 4.69) is 33.6 Å². The first kappa shape index (κ1) is 11.5. The van der Waals surface area contributed by atoms with Gasteiger partial charge in [-0.2, -0.15) is 0 Å². The van der Waals surface area contributed by atoms with E-state index in [0.29, 0.717) is 0 Å². The second-order valence-corrected chi connectivity index (χ2v) is 5.05. The molecule has 3 aromatic rings. The molecule has 0 N–H and O–H groups in total. The topological polar surface area (TPSA) is 22.1 Å². The minimum absolute atomic E-state index is 0.837. The number of aromatic nitrogens is 1. The van der Waals surface area contributed by atoms with Crippen LogP contribution in [0.4, 0.5) is 0 Å². The Morgan fingerprint density at radius 3 is 2.50 bits per heavy atom. The number of benzene rings is 2. The van der Waals surface area contributed by atoms with E-state index < -0.39 is 0 Å². The van der Waals surface area contributed by atoms with E-state index in [0.717, 1.165) is 20.5 Å². The first-order valence-corrected chi connectivity index (χ1v) is 6.67. The van der Waals surface area contributed by atoms with Gasteiger partial charge in [-0.3, -0.25) is 4.98 Å². The average molecular weight is 347 g/mol. The van der Waals surface area contributed by atoms with Crippen LogP contribution in [0.1, 0.15) is 0 Å². The van der Waals surface area contributed by atoms with Gasteiger partial charge in [-0.25, -0.2) is 0 Å². The number of hydrogen-bond donors (Lipinski definition) is 0. The zero-order valence-electron chi connectivity index (χ0n) is 9.51. The van der Waals surface area contributed by atoms with E-state index in [1.54, 1.807) is 0 Å². The lowest BCUT2D eigenvalue weighted by molar-refractivity contribution is 0.488. The molecule has 1 heterocycles. The fraction of sp³-hybridized carbons (Fsp3) is 0. The van der Waals surface area contributed by atoms with Crippen LogP contribution in [0.15, 0.2) is 60.9 Å². The summed E-state index contributed by atoms with van der Waals surface area (Å²) in [5, 5.41) is 2.20. The van der Waals surface area contributed by atoms with Gasteiger partial charge in [-0.05, 0) is 40.8 Å². The second kappa shape index (κ2) is 4.94. The molecule has 3 heteroatoms. The smallest absolute Gasteiger partial charge is 0.136 e. The molecule has 3 rings (SSSR count). The number of halogens is 1. The van der Waals surface area contributed by atoms with Crippen LogP contribution >= 0.6 is 22.6 Å². The highest BCUT2D eigenvalue weighted by molar-refractivity contribution is 14.1. The molecular weight excluding hydrogens is 337 g/mol. The van der Waals surface area contributed by atoms with Crippen molar-refractivity contribution >= 4 is 33.4 Å². The summed E-state index contributed by atoms with van der Waals surface area (Å²) in [5.74, 6) is 1.67. The summed E-state index contributed by atoms with van der Waals surface area (Å²) in [6, 6.07) is 15.8. The van der Waals surface area contributed by atoms with Gasteiger partial charge < -0.3 is 4.74 Å². The van der Waals surface area contributed by atoms with Crippen molar-refractivity contribution in [2.75, 3.05) is 0 Å². The van der Waals surface area contributed by atoms with E-state index in [4.69, 9.17) is 4.74 Å². The molecule has 0 radical (unpaired) electrons. The lowest BCUT2D eigenvalue weighted by atomic mass is 10.1. The Balaban J connectivity index is 2.10. The number of fused-ring (bicyclic) bond motifs is 1. The summed E-state index contributed by atoms with van der Waals surface area (Å²) in [6.45, 7) is 0. The highest BCUT2D eigenvalue weighted by atomic mass is 127. The normalized spacial score (nSPS) is 10.5. The summed E-state index contributed by atoms with van der Waals surface area (Å²) in [4.78, 5) is 4.23. The zero-order valence-corrected chi connectivity index (χ0v) is 11.7. The first-order valence-electron chi connectivity index (χ1n) is 5.60. The Morgan fingerprint density at radius 1 is 0.833 bits per heavy atom. The number of pyridine rings is 1. The second-order valence-electron chi connectivity index (χ2n) is 3.89. The summed E-state index contributed by atoms with van der Waals surface area (Å²) in [7, 11) is 0. The molecule has 0 spiro atoms. The van der Waals surface area contributed by atoms with Crippen molar-refractivity contribution in [3.8, 4) is 11.5 Å². The van der Waals surface area contributed by atoms with Crippen LogP contribution in [-0.4, -0.2) is 4.98 Å². The van der Waals surface area contributed by atoms with Crippen LogP contribution in [0.2, 0.25) is 0 Å². The molecule has 1 aromatic heterocycles. The molecule has 0 fully saturated rings. The maximum absolute atomic E-state index is 5.90. The summed E-state index contributed by atoms with van der Waals surface area (Å²) in [6.07, 6.45) is 3.70. The number of nitrogens with zero attached hydrogens (tertiary/aromatic N) is 1. The molecule has 0 atom stereocenters. The van der Waals surface area contributed by atoms with E-state index in [1.807, 2.05) is 54.9 Å². The van der Waals surface area contributed by atoms with Gasteiger partial charge in [0.25, 0.3) is 0 Å². The van der Waals surface area contributed by atoms with Gasteiger partial charge in [0.05, 0.1) is 0 Å². The third-order valence-corrected chi connectivity index (χ3v) is 3.55. The lowest BCUT2D eigenvalue weighted by Gasteiger charge is -2.09. The van der Waals surface area contributed by atoms with Gasteiger partial charge >= 0.3 is 0 Å². The summed E-state index contributed by atoms with van der Waals surface area (Å²) in [5.41, 5.74) is 0. The molecule has 88 valence electrons. The van der Waals surface area contributed by atoms with E-state index >= 15 is 0 Å². The van der Waals surface area contributed by atoms with E-state index in [1.165, 1.54) is 5.39 Å². The number of hydrogen-bond acceptors (Lipinski definition) is 2. The fourth-order valence-corrected chi connectivity index (χ4v) is 2.47. The van der Waals surface area contributed by atoms with Gasteiger partial charge in [0.15, 0.2) is 0 Å². The minimum atomic E-state index is 0.837. The SMILES string of the molecule is Ic1cncc2c(Oc3ccccc3)cccc12. The Bertz CT molecular complexity index is 682.